The van der Waals surface area contributed by atoms with Gasteiger partial charge in [-0.1, -0.05) is 59.7 Å². The quantitative estimate of drug-likeness (QED) is 0.404. The summed E-state index contributed by atoms with van der Waals surface area (Å²) in [7, 11) is 0. The molecule has 1 N–H and O–H groups in total. The number of carbonyl (C=O) groups excluding carboxylic acids is 2. The first-order valence-corrected chi connectivity index (χ1v) is 16.4. The van der Waals surface area contributed by atoms with Gasteiger partial charge in [0.2, 0.25) is 0 Å². The zero-order chi connectivity index (χ0) is 30.5. The van der Waals surface area contributed by atoms with Crippen molar-refractivity contribution in [2.75, 3.05) is 6.54 Å². The van der Waals surface area contributed by atoms with E-state index in [1.54, 1.807) is 0 Å². The SMILES string of the molecule is Cc1cc(CNCC23CCC(C)(C)CC2C2C(=O)CC4C5(C)C=C(C#N)C(=O)C(C)(C)C5CCC4(C)C2(C)CC3)no1. The summed E-state index contributed by atoms with van der Waals surface area (Å²) in [6, 6.07) is 4.24. The summed E-state index contributed by atoms with van der Waals surface area (Å²) < 4.78 is 5.30. The molecule has 0 spiro atoms. The van der Waals surface area contributed by atoms with Gasteiger partial charge in [-0.15, -0.1) is 0 Å². The zero-order valence-corrected chi connectivity index (χ0v) is 27.2. The monoisotopic (exact) mass is 573 g/mol. The molecule has 0 aromatic carbocycles. The molecular weight excluding hydrogens is 522 g/mol. The summed E-state index contributed by atoms with van der Waals surface area (Å²) in [5, 5.41) is 17.9. The average molecular weight is 574 g/mol. The second-order valence-electron chi connectivity index (χ2n) is 17.1. The summed E-state index contributed by atoms with van der Waals surface area (Å²) in [4.78, 5) is 28.1. The van der Waals surface area contributed by atoms with Crippen LogP contribution in [0.15, 0.2) is 22.2 Å². The van der Waals surface area contributed by atoms with Crippen LogP contribution in [0.2, 0.25) is 0 Å². The van der Waals surface area contributed by atoms with E-state index < -0.39 is 5.41 Å². The maximum absolute atomic E-state index is 14.7. The molecule has 0 aliphatic heterocycles. The highest BCUT2D eigenvalue weighted by atomic mass is 16.5. The molecule has 6 nitrogen and oxygen atoms in total. The van der Waals surface area contributed by atoms with Crippen molar-refractivity contribution in [3.8, 4) is 6.07 Å². The van der Waals surface area contributed by atoms with Crippen molar-refractivity contribution in [1.82, 2.24) is 10.5 Å². The Morgan fingerprint density at radius 2 is 1.71 bits per heavy atom. The predicted octanol–water partition coefficient (Wildman–Crippen LogP) is 7.37. The first kappa shape index (κ1) is 29.8. The van der Waals surface area contributed by atoms with Crippen LogP contribution in [0, 0.1) is 74.4 Å². The maximum Gasteiger partial charge on any atom is 0.178 e. The summed E-state index contributed by atoms with van der Waals surface area (Å²) in [6.45, 7) is 19.6. The van der Waals surface area contributed by atoms with E-state index in [1.807, 2.05) is 32.9 Å². The molecule has 0 radical (unpaired) electrons. The number of hydrogen-bond acceptors (Lipinski definition) is 6. The van der Waals surface area contributed by atoms with Crippen molar-refractivity contribution in [2.24, 2.45) is 56.2 Å². The zero-order valence-electron chi connectivity index (χ0n) is 27.2. The number of rotatable bonds is 4. The molecule has 8 atom stereocenters. The molecule has 5 aliphatic carbocycles. The van der Waals surface area contributed by atoms with Gasteiger partial charge in [0, 0.05) is 36.9 Å². The Morgan fingerprint density at radius 3 is 2.38 bits per heavy atom. The van der Waals surface area contributed by atoms with Crippen LogP contribution in [0.1, 0.15) is 111 Å². The van der Waals surface area contributed by atoms with Crippen LogP contribution in [-0.2, 0) is 16.1 Å². The first-order chi connectivity index (χ1) is 19.5. The van der Waals surface area contributed by atoms with Crippen LogP contribution in [-0.4, -0.2) is 23.3 Å². The van der Waals surface area contributed by atoms with Crippen LogP contribution in [0.3, 0.4) is 0 Å². The lowest BCUT2D eigenvalue weighted by Crippen LogP contribution is -2.69. The van der Waals surface area contributed by atoms with Crippen LogP contribution < -0.4 is 5.32 Å². The number of fused-ring (bicyclic) bond motifs is 7. The molecular formula is C36H51N3O3. The summed E-state index contributed by atoms with van der Waals surface area (Å²) in [5.74, 6) is 1.90. The van der Waals surface area contributed by atoms with Gasteiger partial charge in [0.25, 0.3) is 0 Å². The van der Waals surface area contributed by atoms with Crippen molar-refractivity contribution >= 4 is 11.6 Å². The number of ketones is 2. The standard InChI is InChI=1S/C36H51N3O3/c1-22-15-24(39-42-22)20-38-21-36-13-11-31(2,3)18-25(36)29-26(40)16-28-33(6)17-23(19-37)30(41)32(4,5)27(33)9-10-34(28,7)35(29,8)12-14-36/h15,17,25,27-29,38H,9-14,16,18,20-21H2,1-8H3. The fraction of sp³-hybridized carbons (Fsp3) is 0.778. The van der Waals surface area contributed by atoms with E-state index in [9.17, 15) is 14.9 Å². The normalized spacial score (nSPS) is 43.7. The van der Waals surface area contributed by atoms with Crippen molar-refractivity contribution in [2.45, 2.75) is 113 Å². The maximum atomic E-state index is 14.7. The summed E-state index contributed by atoms with van der Waals surface area (Å²) in [6.07, 6.45) is 10.2. The molecule has 1 heterocycles. The number of nitrogens with zero attached hydrogens (tertiary/aromatic N) is 2. The molecule has 0 saturated heterocycles. The first-order valence-electron chi connectivity index (χ1n) is 16.4. The molecule has 1 aromatic heterocycles. The lowest BCUT2D eigenvalue weighted by molar-refractivity contribution is -0.222. The van der Waals surface area contributed by atoms with Gasteiger partial charge in [-0.2, -0.15) is 5.26 Å². The third-order valence-electron chi connectivity index (χ3n) is 14.1. The number of aryl methyl sites for hydroxylation is 1. The molecule has 42 heavy (non-hydrogen) atoms. The molecule has 228 valence electrons. The third-order valence-corrected chi connectivity index (χ3v) is 14.1. The second kappa shape index (κ2) is 9.37. The Kier molecular flexibility index (Phi) is 6.65. The van der Waals surface area contributed by atoms with Crippen molar-refractivity contribution in [1.29, 1.82) is 5.26 Å². The number of Topliss-reactive ketones (excluding diaryl/α,β-unsaturated/α-hetero) is 2. The molecule has 4 fully saturated rings. The summed E-state index contributed by atoms with van der Waals surface area (Å²) in [5.41, 5.74) is 0.456. The molecule has 0 bridgehead atoms. The molecule has 1 aromatic rings. The van der Waals surface area contributed by atoms with E-state index in [0.29, 0.717) is 30.2 Å². The highest BCUT2D eigenvalue weighted by molar-refractivity contribution is 6.04. The number of carbonyl (C=O) groups is 2. The number of hydrogen-bond donors (Lipinski definition) is 1. The highest BCUT2D eigenvalue weighted by Gasteiger charge is 2.72. The van der Waals surface area contributed by atoms with Crippen molar-refractivity contribution in [3.63, 3.8) is 0 Å². The van der Waals surface area contributed by atoms with Gasteiger partial charge in [-0.05, 0) is 96.7 Å². The molecule has 0 amide bonds. The van der Waals surface area contributed by atoms with E-state index >= 15 is 0 Å². The summed E-state index contributed by atoms with van der Waals surface area (Å²) >= 11 is 0. The molecule has 8 unspecified atom stereocenters. The Bertz CT molecular complexity index is 1380. The van der Waals surface area contributed by atoms with Gasteiger partial charge < -0.3 is 9.84 Å². The van der Waals surface area contributed by atoms with Crippen LogP contribution in [0.25, 0.3) is 0 Å². The van der Waals surface area contributed by atoms with Gasteiger partial charge in [-0.25, -0.2) is 0 Å². The average Bonchev–Trinajstić information content (AvgIpc) is 3.33. The number of nitriles is 1. The Balaban J connectivity index is 1.37. The minimum atomic E-state index is -0.597. The predicted molar refractivity (Wildman–Crippen MR) is 162 cm³/mol. The number of allylic oxidation sites excluding steroid dienone is 2. The second-order valence-corrected chi connectivity index (χ2v) is 17.1. The lowest BCUT2D eigenvalue weighted by atomic mass is 9.31. The van der Waals surface area contributed by atoms with Crippen molar-refractivity contribution in [3.05, 3.63) is 29.2 Å². The molecule has 5 aliphatic rings. The van der Waals surface area contributed by atoms with Gasteiger partial charge in [0.1, 0.15) is 17.6 Å². The Hall–Kier alpha value is -2.26. The van der Waals surface area contributed by atoms with Crippen LogP contribution in [0.5, 0.6) is 0 Å². The largest absolute Gasteiger partial charge is 0.361 e. The van der Waals surface area contributed by atoms with Crippen LogP contribution in [0.4, 0.5) is 0 Å². The highest BCUT2D eigenvalue weighted by Crippen LogP contribution is 2.75. The Morgan fingerprint density at radius 1 is 1.00 bits per heavy atom. The van der Waals surface area contributed by atoms with E-state index in [4.69, 9.17) is 4.52 Å². The van der Waals surface area contributed by atoms with E-state index in [0.717, 1.165) is 56.5 Å². The van der Waals surface area contributed by atoms with E-state index in [2.05, 4.69) is 51.2 Å². The van der Waals surface area contributed by atoms with Gasteiger partial charge in [-0.3, -0.25) is 9.59 Å². The van der Waals surface area contributed by atoms with Crippen LogP contribution >= 0.6 is 0 Å². The Labute approximate surface area is 252 Å². The number of aromatic nitrogens is 1. The number of nitrogens with one attached hydrogen (secondary N) is 1. The minimum Gasteiger partial charge on any atom is -0.361 e. The molecule has 4 saturated carbocycles. The van der Waals surface area contributed by atoms with Gasteiger partial charge in [0.05, 0.1) is 11.3 Å². The fourth-order valence-corrected chi connectivity index (χ4v) is 11.7. The van der Waals surface area contributed by atoms with Gasteiger partial charge in [0.15, 0.2) is 5.78 Å². The molecule has 6 heteroatoms. The fourth-order valence-electron chi connectivity index (χ4n) is 11.7. The van der Waals surface area contributed by atoms with E-state index in [1.165, 1.54) is 6.42 Å². The third kappa shape index (κ3) is 4.01. The van der Waals surface area contributed by atoms with E-state index in [-0.39, 0.29) is 50.6 Å². The van der Waals surface area contributed by atoms with Crippen molar-refractivity contribution < 1.29 is 14.1 Å². The molecule has 6 rings (SSSR count). The minimum absolute atomic E-state index is 0.0255. The smallest absolute Gasteiger partial charge is 0.178 e. The lowest BCUT2D eigenvalue weighted by Gasteiger charge is -2.72. The topological polar surface area (TPSA) is 96.0 Å². The van der Waals surface area contributed by atoms with Gasteiger partial charge >= 0.3 is 0 Å².